The minimum absolute atomic E-state index is 0.0910. The van der Waals surface area contributed by atoms with Gasteiger partial charge in [-0.05, 0) is 19.1 Å². The zero-order valence-electron chi connectivity index (χ0n) is 10.5. The number of fused-ring (bicyclic) bond motifs is 1. The Kier molecular flexibility index (Phi) is 3.29. The van der Waals surface area contributed by atoms with Crippen LogP contribution in [0.25, 0.3) is 10.9 Å². The summed E-state index contributed by atoms with van der Waals surface area (Å²) in [5.41, 5.74) is 3.51. The molecule has 2 aromatic rings. The first-order chi connectivity index (χ1) is 9.21. The summed E-state index contributed by atoms with van der Waals surface area (Å²) in [6.07, 6.45) is -4.63. The molecule has 7 heteroatoms. The summed E-state index contributed by atoms with van der Waals surface area (Å²) in [6, 6.07) is 4.52. The summed E-state index contributed by atoms with van der Waals surface area (Å²) < 4.78 is 40.3. The van der Waals surface area contributed by atoms with Gasteiger partial charge in [0.25, 0.3) is 0 Å². The van der Waals surface area contributed by atoms with Gasteiger partial charge >= 0.3 is 6.18 Å². The fourth-order valence-corrected chi connectivity index (χ4v) is 2.14. The van der Waals surface area contributed by atoms with Crippen molar-refractivity contribution >= 4 is 16.8 Å². The number of hydrogen-bond acceptors (Lipinski definition) is 2. The maximum Gasteiger partial charge on any atom is 0.418 e. The van der Waals surface area contributed by atoms with E-state index in [1.165, 1.54) is 19.1 Å². The SMILES string of the molecule is Cc1cc(=O)c2cccc(C(F)(F)F)c2n1CC(N)=O. The van der Waals surface area contributed by atoms with Crippen molar-refractivity contribution in [2.45, 2.75) is 19.6 Å². The summed E-state index contributed by atoms with van der Waals surface area (Å²) in [6.45, 7) is 1.03. The van der Waals surface area contributed by atoms with E-state index in [1.54, 1.807) is 0 Å². The summed E-state index contributed by atoms with van der Waals surface area (Å²) >= 11 is 0. The minimum atomic E-state index is -4.63. The third-order valence-corrected chi connectivity index (χ3v) is 2.96. The van der Waals surface area contributed by atoms with Gasteiger partial charge in [-0.3, -0.25) is 9.59 Å². The molecule has 0 spiro atoms. The lowest BCUT2D eigenvalue weighted by Gasteiger charge is -2.17. The van der Waals surface area contributed by atoms with Crippen LogP contribution in [0.15, 0.2) is 29.1 Å². The molecule has 1 heterocycles. The first kappa shape index (κ1) is 14.1. The molecule has 0 aliphatic heterocycles. The molecule has 106 valence electrons. The van der Waals surface area contributed by atoms with E-state index in [1.807, 2.05) is 0 Å². The van der Waals surface area contributed by atoms with Crippen molar-refractivity contribution in [2.75, 3.05) is 0 Å². The maximum atomic E-state index is 13.1. The van der Waals surface area contributed by atoms with Crippen LogP contribution in [0.4, 0.5) is 13.2 Å². The Bertz CT molecular complexity index is 748. The third-order valence-electron chi connectivity index (χ3n) is 2.96. The molecule has 0 bridgehead atoms. The average molecular weight is 284 g/mol. The van der Waals surface area contributed by atoms with Crippen LogP contribution in [0.5, 0.6) is 0 Å². The molecule has 0 fully saturated rings. The van der Waals surface area contributed by atoms with Crippen LogP contribution in [-0.4, -0.2) is 10.5 Å². The number of halogens is 3. The number of hydrogen-bond donors (Lipinski definition) is 1. The first-order valence-corrected chi connectivity index (χ1v) is 5.70. The Morgan fingerprint density at radius 3 is 2.55 bits per heavy atom. The highest BCUT2D eigenvalue weighted by Crippen LogP contribution is 2.34. The average Bonchev–Trinajstić information content (AvgIpc) is 2.32. The van der Waals surface area contributed by atoms with Crippen LogP contribution in [-0.2, 0) is 17.5 Å². The van der Waals surface area contributed by atoms with Gasteiger partial charge in [0.05, 0.1) is 11.1 Å². The Balaban J connectivity index is 2.97. The molecule has 2 N–H and O–H groups in total. The zero-order chi connectivity index (χ0) is 15.1. The number of carbonyl (C=O) groups is 1. The number of para-hydroxylation sites is 1. The Morgan fingerprint density at radius 1 is 1.35 bits per heavy atom. The van der Waals surface area contributed by atoms with E-state index < -0.39 is 29.6 Å². The maximum absolute atomic E-state index is 13.1. The van der Waals surface area contributed by atoms with Crippen LogP contribution in [0.3, 0.4) is 0 Å². The van der Waals surface area contributed by atoms with Gasteiger partial charge in [-0.1, -0.05) is 6.07 Å². The summed E-state index contributed by atoms with van der Waals surface area (Å²) in [5, 5.41) is -0.0910. The predicted octanol–water partition coefficient (Wildman–Crippen LogP) is 1.81. The number of pyridine rings is 1. The smallest absolute Gasteiger partial charge is 0.368 e. The van der Waals surface area contributed by atoms with Crippen molar-refractivity contribution in [2.24, 2.45) is 5.73 Å². The monoisotopic (exact) mass is 284 g/mol. The second-order valence-corrected chi connectivity index (χ2v) is 4.40. The second-order valence-electron chi connectivity index (χ2n) is 4.40. The lowest BCUT2D eigenvalue weighted by molar-refractivity contribution is -0.136. The highest BCUT2D eigenvalue weighted by Gasteiger charge is 2.34. The lowest BCUT2D eigenvalue weighted by atomic mass is 10.1. The van der Waals surface area contributed by atoms with Crippen molar-refractivity contribution in [1.29, 1.82) is 0 Å². The van der Waals surface area contributed by atoms with Gasteiger partial charge in [0.15, 0.2) is 5.43 Å². The fourth-order valence-electron chi connectivity index (χ4n) is 2.14. The van der Waals surface area contributed by atoms with Gasteiger partial charge in [0.1, 0.15) is 6.54 Å². The van der Waals surface area contributed by atoms with E-state index >= 15 is 0 Å². The number of primary amides is 1. The van der Waals surface area contributed by atoms with Gasteiger partial charge in [-0.25, -0.2) is 0 Å². The van der Waals surface area contributed by atoms with Crippen molar-refractivity contribution in [3.05, 3.63) is 45.7 Å². The van der Waals surface area contributed by atoms with E-state index in [0.717, 1.165) is 16.7 Å². The van der Waals surface area contributed by atoms with Crippen LogP contribution in [0, 0.1) is 6.92 Å². The van der Waals surface area contributed by atoms with Crippen molar-refractivity contribution in [3.8, 4) is 0 Å². The van der Waals surface area contributed by atoms with Gasteiger partial charge in [-0.2, -0.15) is 13.2 Å². The van der Waals surface area contributed by atoms with Gasteiger partial charge in [0.2, 0.25) is 5.91 Å². The molecule has 0 radical (unpaired) electrons. The summed E-state index contributed by atoms with van der Waals surface area (Å²) in [5.74, 6) is -0.782. The molecule has 1 aromatic heterocycles. The molecule has 0 aliphatic carbocycles. The number of nitrogens with zero attached hydrogens (tertiary/aromatic N) is 1. The van der Waals surface area contributed by atoms with Gasteiger partial charge in [-0.15, -0.1) is 0 Å². The van der Waals surface area contributed by atoms with Crippen LogP contribution in [0.2, 0.25) is 0 Å². The molecule has 0 saturated heterocycles. The zero-order valence-corrected chi connectivity index (χ0v) is 10.5. The van der Waals surface area contributed by atoms with E-state index in [-0.39, 0.29) is 16.6 Å². The van der Waals surface area contributed by atoms with E-state index in [9.17, 15) is 22.8 Å². The molecule has 0 aliphatic rings. The Labute approximate surface area is 111 Å². The van der Waals surface area contributed by atoms with Crippen molar-refractivity contribution in [1.82, 2.24) is 4.57 Å². The molecule has 0 unspecified atom stereocenters. The van der Waals surface area contributed by atoms with E-state index in [2.05, 4.69) is 0 Å². The number of alkyl halides is 3. The molecule has 1 aromatic carbocycles. The Hall–Kier alpha value is -2.31. The van der Waals surface area contributed by atoms with Gasteiger partial charge < -0.3 is 10.3 Å². The topological polar surface area (TPSA) is 65.1 Å². The summed E-state index contributed by atoms with van der Waals surface area (Å²) in [4.78, 5) is 22.9. The highest BCUT2D eigenvalue weighted by atomic mass is 19.4. The second kappa shape index (κ2) is 4.66. The normalized spacial score (nSPS) is 11.8. The summed E-state index contributed by atoms with van der Waals surface area (Å²) in [7, 11) is 0. The standard InChI is InChI=1S/C13H11F3N2O2/c1-7-5-10(19)8-3-2-4-9(13(14,15)16)12(8)18(7)6-11(17)20/h2-5H,6H2,1H3,(H2,17,20). The predicted molar refractivity (Wildman–Crippen MR) is 67.1 cm³/mol. The van der Waals surface area contributed by atoms with Crippen LogP contribution < -0.4 is 11.2 Å². The Morgan fingerprint density at radius 2 is 2.00 bits per heavy atom. The van der Waals surface area contributed by atoms with E-state index in [4.69, 9.17) is 5.73 Å². The molecule has 1 amide bonds. The molecule has 0 atom stereocenters. The number of carbonyl (C=O) groups excluding carboxylic acids is 1. The molecule has 20 heavy (non-hydrogen) atoms. The number of benzene rings is 1. The van der Waals surface area contributed by atoms with Crippen molar-refractivity contribution < 1.29 is 18.0 Å². The third kappa shape index (κ3) is 2.38. The number of amides is 1. The first-order valence-electron chi connectivity index (χ1n) is 5.70. The van der Waals surface area contributed by atoms with E-state index in [0.29, 0.717) is 0 Å². The molecule has 2 rings (SSSR count). The highest BCUT2D eigenvalue weighted by molar-refractivity contribution is 5.85. The quantitative estimate of drug-likeness (QED) is 0.914. The molecule has 0 saturated carbocycles. The lowest BCUT2D eigenvalue weighted by Crippen LogP contribution is -2.24. The number of aryl methyl sites for hydroxylation is 1. The van der Waals surface area contributed by atoms with Gasteiger partial charge in [0, 0.05) is 17.1 Å². The number of aromatic nitrogens is 1. The number of nitrogens with two attached hydrogens (primary N) is 1. The molecule has 4 nitrogen and oxygen atoms in total. The van der Waals surface area contributed by atoms with Crippen LogP contribution in [0.1, 0.15) is 11.3 Å². The van der Waals surface area contributed by atoms with Crippen molar-refractivity contribution in [3.63, 3.8) is 0 Å². The molecular weight excluding hydrogens is 273 g/mol. The molecular formula is C13H11F3N2O2. The fraction of sp³-hybridized carbons (Fsp3) is 0.231. The van der Waals surface area contributed by atoms with Crippen LogP contribution >= 0.6 is 0 Å². The largest absolute Gasteiger partial charge is 0.418 e. The number of rotatable bonds is 2. The minimum Gasteiger partial charge on any atom is -0.368 e.